The van der Waals surface area contributed by atoms with Crippen LogP contribution in [0, 0.1) is 5.82 Å². The first-order valence-electron chi connectivity index (χ1n) is 12.7. The summed E-state index contributed by atoms with van der Waals surface area (Å²) in [6.45, 7) is 1.17. The zero-order valence-electron chi connectivity index (χ0n) is 20.6. The molecule has 0 aromatic heterocycles. The summed E-state index contributed by atoms with van der Waals surface area (Å²) in [6, 6.07) is 13.8. The Morgan fingerprint density at radius 2 is 1.69 bits per heavy atom. The Hall–Kier alpha value is -2.84. The topological polar surface area (TPSA) is 76.7 Å². The van der Waals surface area contributed by atoms with E-state index in [2.05, 4.69) is 10.6 Å². The lowest BCUT2D eigenvalue weighted by Gasteiger charge is -2.46. The average molecular weight is 590 g/mol. The first-order chi connectivity index (χ1) is 18.8. The summed E-state index contributed by atoms with van der Waals surface area (Å²) >= 11 is 19.0. The number of anilines is 1. The number of carbonyl (C=O) groups is 2. The monoisotopic (exact) mass is 588 g/mol. The van der Waals surface area contributed by atoms with Gasteiger partial charge in [0.25, 0.3) is 0 Å². The van der Waals surface area contributed by atoms with Crippen LogP contribution in [0.15, 0.2) is 54.6 Å². The number of ether oxygens (including phenoxy) is 2. The highest BCUT2D eigenvalue weighted by atomic mass is 35.5. The van der Waals surface area contributed by atoms with Gasteiger partial charge in [-0.3, -0.25) is 9.59 Å². The van der Waals surface area contributed by atoms with E-state index in [1.165, 1.54) is 12.1 Å². The van der Waals surface area contributed by atoms with Gasteiger partial charge >= 0.3 is 0 Å². The molecule has 2 fully saturated rings. The molecule has 0 radical (unpaired) electrons. The van der Waals surface area contributed by atoms with Crippen molar-refractivity contribution in [2.75, 3.05) is 18.5 Å². The quantitative estimate of drug-likeness (QED) is 0.361. The molecule has 0 unspecified atom stereocenters. The van der Waals surface area contributed by atoms with Gasteiger partial charge in [-0.25, -0.2) is 4.39 Å². The van der Waals surface area contributed by atoms with E-state index in [1.54, 1.807) is 42.5 Å². The maximum atomic E-state index is 14.2. The number of fused-ring (bicyclic) bond motifs is 2. The van der Waals surface area contributed by atoms with E-state index in [9.17, 15) is 14.0 Å². The molecule has 6 rings (SSSR count). The SMILES string of the molecule is O=C1C[C@@H](c2ccc(F)c(Cl)c2)[C@]2(C(=O)Nc3cc(Cl)ccc32)[C@@H](c2cc(Cl)ccc2OC2CCOCC2)N1. The molecule has 0 bridgehead atoms. The standard InChI is InChI=1S/C29H24Cl3FN2O4/c30-16-3-6-25(39-18-7-9-38-10-8-18)19(12-16)27-29(20-4-2-17(31)13-24(20)34-28(29)37)21(14-26(36)35-27)15-1-5-23(33)22(32)11-15/h1-6,11-13,18,21,27H,7-10,14H2,(H,34,37)(H,35,36)/t21-,27+,29-/m0/s1. The average Bonchev–Trinajstić information content (AvgIpc) is 3.19. The first kappa shape index (κ1) is 26.4. The van der Waals surface area contributed by atoms with Gasteiger partial charge in [0.1, 0.15) is 23.1 Å². The van der Waals surface area contributed by atoms with Gasteiger partial charge in [-0.1, -0.05) is 46.9 Å². The second kappa shape index (κ2) is 10.3. The van der Waals surface area contributed by atoms with E-state index in [1.807, 2.05) is 0 Å². The lowest BCUT2D eigenvalue weighted by atomic mass is 9.59. The second-order valence-electron chi connectivity index (χ2n) is 10.1. The van der Waals surface area contributed by atoms with Gasteiger partial charge in [-0.05, 0) is 53.6 Å². The molecule has 3 aliphatic rings. The molecule has 3 aromatic carbocycles. The Morgan fingerprint density at radius 1 is 0.949 bits per heavy atom. The molecule has 0 aliphatic carbocycles. The first-order valence-corrected chi connectivity index (χ1v) is 13.8. The molecule has 10 heteroatoms. The van der Waals surface area contributed by atoms with Crippen LogP contribution in [-0.4, -0.2) is 31.1 Å². The Kier molecular flexibility index (Phi) is 6.96. The van der Waals surface area contributed by atoms with Gasteiger partial charge < -0.3 is 20.1 Å². The second-order valence-corrected chi connectivity index (χ2v) is 11.3. The summed E-state index contributed by atoms with van der Waals surface area (Å²) in [5.74, 6) is -1.36. The van der Waals surface area contributed by atoms with Crippen molar-refractivity contribution in [2.45, 2.75) is 42.7 Å². The van der Waals surface area contributed by atoms with Crippen molar-refractivity contribution in [1.82, 2.24) is 5.32 Å². The zero-order chi connectivity index (χ0) is 27.3. The van der Waals surface area contributed by atoms with E-state index in [4.69, 9.17) is 44.3 Å². The Bertz CT molecular complexity index is 1480. The summed E-state index contributed by atoms with van der Waals surface area (Å²) in [5, 5.41) is 6.85. The van der Waals surface area contributed by atoms with Crippen molar-refractivity contribution in [3.8, 4) is 5.75 Å². The van der Waals surface area contributed by atoms with Gasteiger partial charge in [-0.15, -0.1) is 0 Å². The van der Waals surface area contributed by atoms with Crippen molar-refractivity contribution >= 4 is 52.3 Å². The van der Waals surface area contributed by atoms with Gasteiger partial charge in [0.15, 0.2) is 0 Å². The maximum Gasteiger partial charge on any atom is 0.238 e. The molecule has 3 heterocycles. The van der Waals surface area contributed by atoms with Crippen LogP contribution in [0.3, 0.4) is 0 Å². The fourth-order valence-corrected chi connectivity index (χ4v) is 6.64. The third-order valence-electron chi connectivity index (χ3n) is 7.84. The van der Waals surface area contributed by atoms with E-state index in [0.29, 0.717) is 64.2 Å². The number of piperidine rings is 1. The van der Waals surface area contributed by atoms with Crippen LogP contribution in [0.4, 0.5) is 10.1 Å². The predicted octanol–water partition coefficient (Wildman–Crippen LogP) is 6.58. The summed E-state index contributed by atoms with van der Waals surface area (Å²) in [4.78, 5) is 27.5. The maximum absolute atomic E-state index is 14.2. The van der Waals surface area contributed by atoms with E-state index in [-0.39, 0.29) is 29.4 Å². The Balaban J connectivity index is 1.58. The number of nitrogens with one attached hydrogen (secondary N) is 2. The predicted molar refractivity (Wildman–Crippen MR) is 147 cm³/mol. The van der Waals surface area contributed by atoms with E-state index in [0.717, 1.165) is 0 Å². The number of halogens is 4. The summed E-state index contributed by atoms with van der Waals surface area (Å²) < 4.78 is 26.1. The molecule has 2 N–H and O–H groups in total. The smallest absolute Gasteiger partial charge is 0.238 e. The number of hydrogen-bond acceptors (Lipinski definition) is 4. The molecule has 3 atom stereocenters. The zero-order valence-corrected chi connectivity index (χ0v) is 22.9. The highest BCUT2D eigenvalue weighted by Crippen LogP contribution is 2.58. The third-order valence-corrected chi connectivity index (χ3v) is 8.60. The molecule has 3 aliphatic heterocycles. The number of rotatable bonds is 4. The largest absolute Gasteiger partial charge is 0.490 e. The molecular formula is C29H24Cl3FN2O4. The van der Waals surface area contributed by atoms with Crippen LogP contribution < -0.4 is 15.4 Å². The summed E-state index contributed by atoms with van der Waals surface area (Å²) in [7, 11) is 0. The molecule has 3 aromatic rings. The molecule has 0 saturated carbocycles. The normalized spacial score (nSPS) is 24.8. The minimum Gasteiger partial charge on any atom is -0.490 e. The minimum absolute atomic E-state index is 0.0231. The number of carbonyl (C=O) groups excluding carboxylic acids is 2. The molecule has 1 spiro atoms. The fourth-order valence-electron chi connectivity index (χ4n) is 6.10. The summed E-state index contributed by atoms with van der Waals surface area (Å²) in [6.07, 6.45) is 1.31. The van der Waals surface area contributed by atoms with Crippen molar-refractivity contribution in [2.24, 2.45) is 0 Å². The Labute approximate surface area is 239 Å². The highest BCUT2D eigenvalue weighted by Gasteiger charge is 2.61. The molecule has 39 heavy (non-hydrogen) atoms. The van der Waals surface area contributed by atoms with Gasteiger partial charge in [0.05, 0.1) is 24.3 Å². The van der Waals surface area contributed by atoms with Gasteiger partial charge in [0, 0.05) is 46.5 Å². The van der Waals surface area contributed by atoms with Crippen molar-refractivity contribution in [3.63, 3.8) is 0 Å². The molecular weight excluding hydrogens is 566 g/mol. The van der Waals surface area contributed by atoms with Crippen LogP contribution in [0.2, 0.25) is 15.1 Å². The van der Waals surface area contributed by atoms with Crippen molar-refractivity contribution < 1.29 is 23.5 Å². The minimum atomic E-state index is -1.34. The van der Waals surface area contributed by atoms with Crippen molar-refractivity contribution in [1.29, 1.82) is 0 Å². The number of benzene rings is 3. The van der Waals surface area contributed by atoms with Crippen LogP contribution >= 0.6 is 34.8 Å². The summed E-state index contributed by atoms with van der Waals surface area (Å²) in [5.41, 5.74) is 0.990. The third kappa shape index (κ3) is 4.55. The molecule has 2 saturated heterocycles. The lowest BCUT2D eigenvalue weighted by Crippen LogP contribution is -2.57. The molecule has 202 valence electrons. The van der Waals surface area contributed by atoms with Crippen LogP contribution in [0.5, 0.6) is 5.75 Å². The highest BCUT2D eigenvalue weighted by molar-refractivity contribution is 6.31. The van der Waals surface area contributed by atoms with Crippen molar-refractivity contribution in [3.05, 3.63) is 92.2 Å². The molecule has 6 nitrogen and oxygen atoms in total. The number of amides is 2. The van der Waals surface area contributed by atoms with E-state index < -0.39 is 23.2 Å². The lowest BCUT2D eigenvalue weighted by molar-refractivity contribution is -0.131. The van der Waals surface area contributed by atoms with Crippen LogP contribution in [0.1, 0.15) is 47.9 Å². The van der Waals surface area contributed by atoms with E-state index >= 15 is 0 Å². The number of hydrogen-bond donors (Lipinski definition) is 2. The van der Waals surface area contributed by atoms with Gasteiger partial charge in [-0.2, -0.15) is 0 Å². The van der Waals surface area contributed by atoms with Crippen LogP contribution in [0.25, 0.3) is 0 Å². The van der Waals surface area contributed by atoms with Gasteiger partial charge in [0.2, 0.25) is 11.8 Å². The fraction of sp³-hybridized carbons (Fsp3) is 0.310. The molecule has 2 amide bonds. The Morgan fingerprint density at radius 3 is 2.46 bits per heavy atom. The van der Waals surface area contributed by atoms with Crippen LogP contribution in [-0.2, 0) is 19.7 Å².